The number of hydrogen-bond donors (Lipinski definition) is 0. The average Bonchev–Trinajstić information content (AvgIpc) is 3.56. The molecule has 5 rings (SSSR count). The molecule has 0 radical (unpaired) electrons. The van der Waals surface area contributed by atoms with Crippen molar-refractivity contribution in [2.24, 2.45) is 9.98 Å². The molecule has 2 atom stereocenters. The Labute approximate surface area is 207 Å². The minimum atomic E-state index is -0.137. The van der Waals surface area contributed by atoms with Crippen LogP contribution < -0.4 is 9.47 Å². The van der Waals surface area contributed by atoms with Crippen molar-refractivity contribution in [3.8, 4) is 11.5 Å². The number of nitrogens with zero attached hydrogens (tertiary/aromatic N) is 2. The highest BCUT2D eigenvalue weighted by molar-refractivity contribution is 6.42. The second kappa shape index (κ2) is 9.57. The van der Waals surface area contributed by atoms with Gasteiger partial charge in [-0.15, -0.1) is 0 Å². The molecule has 0 unspecified atom stereocenters. The van der Waals surface area contributed by atoms with Gasteiger partial charge in [-0.3, -0.25) is 0 Å². The van der Waals surface area contributed by atoms with E-state index in [4.69, 9.17) is 52.1 Å². The van der Waals surface area contributed by atoms with Crippen molar-refractivity contribution >= 4 is 35.0 Å². The summed E-state index contributed by atoms with van der Waals surface area (Å²) in [5.74, 6) is 2.55. The van der Waals surface area contributed by atoms with E-state index in [0.717, 1.165) is 22.6 Å². The number of benzene rings is 3. The lowest BCUT2D eigenvalue weighted by Gasteiger charge is -2.10. The molecule has 8 heteroatoms. The summed E-state index contributed by atoms with van der Waals surface area (Å²) >= 11 is 12.7. The topological polar surface area (TPSA) is 61.6 Å². The lowest BCUT2D eigenvalue weighted by Crippen LogP contribution is -2.11. The van der Waals surface area contributed by atoms with Crippen LogP contribution in [0.25, 0.3) is 0 Å². The van der Waals surface area contributed by atoms with Gasteiger partial charge in [-0.2, -0.15) is 0 Å². The number of aliphatic imine (C=N–C) groups is 2. The summed E-state index contributed by atoms with van der Waals surface area (Å²) in [6, 6.07) is 18.8. The fraction of sp³-hybridized carbons (Fsp3) is 0.231. The molecule has 2 heterocycles. The third-order valence-corrected chi connectivity index (χ3v) is 6.55. The van der Waals surface area contributed by atoms with Crippen LogP contribution in [-0.4, -0.2) is 39.2 Å². The van der Waals surface area contributed by atoms with E-state index in [0.29, 0.717) is 46.2 Å². The van der Waals surface area contributed by atoms with Crippen molar-refractivity contribution in [1.82, 2.24) is 0 Å². The Balaban J connectivity index is 1.46. The lowest BCUT2D eigenvalue weighted by atomic mass is 10.1. The molecule has 0 N–H and O–H groups in total. The third-order valence-electron chi connectivity index (χ3n) is 5.82. The predicted molar refractivity (Wildman–Crippen MR) is 133 cm³/mol. The van der Waals surface area contributed by atoms with Crippen molar-refractivity contribution in [3.05, 3.63) is 93.0 Å². The van der Waals surface area contributed by atoms with Crippen LogP contribution in [0.3, 0.4) is 0 Å². The van der Waals surface area contributed by atoms with Gasteiger partial charge in [-0.1, -0.05) is 47.5 Å². The lowest BCUT2D eigenvalue weighted by molar-refractivity contribution is 0.316. The Hall–Kier alpha value is -3.22. The minimum Gasteiger partial charge on any atom is -0.497 e. The highest BCUT2D eigenvalue weighted by Gasteiger charge is 2.29. The summed E-state index contributed by atoms with van der Waals surface area (Å²) in [4.78, 5) is 9.62. The maximum atomic E-state index is 6.36. The van der Waals surface area contributed by atoms with Crippen LogP contribution in [-0.2, 0) is 9.47 Å². The molecule has 2 aliphatic rings. The minimum absolute atomic E-state index is 0.137. The number of hydrogen-bond acceptors (Lipinski definition) is 6. The quantitative estimate of drug-likeness (QED) is 0.416. The molecule has 2 aliphatic heterocycles. The normalized spacial score (nSPS) is 19.2. The van der Waals surface area contributed by atoms with Gasteiger partial charge >= 0.3 is 0 Å². The van der Waals surface area contributed by atoms with Crippen LogP contribution in [0.15, 0.2) is 70.6 Å². The fourth-order valence-corrected chi connectivity index (χ4v) is 4.26. The van der Waals surface area contributed by atoms with Gasteiger partial charge in [-0.25, -0.2) is 9.98 Å². The molecular formula is C26H22Cl2N2O4. The smallest absolute Gasteiger partial charge is 0.217 e. The SMILES string of the molecule is COc1ccc([C@H]2COC(c3cc(Cl)c(Cl)cc3C3=N[C@@H](c4ccc(OC)cc4)CO3)=N2)cc1. The maximum absolute atomic E-state index is 6.36. The van der Waals surface area contributed by atoms with E-state index in [1.807, 2.05) is 48.5 Å². The summed E-state index contributed by atoms with van der Waals surface area (Å²) in [7, 11) is 3.28. The Morgan fingerprint density at radius 1 is 0.676 bits per heavy atom. The van der Waals surface area contributed by atoms with Crippen LogP contribution in [0.5, 0.6) is 11.5 Å². The molecule has 0 aliphatic carbocycles. The summed E-state index contributed by atoms with van der Waals surface area (Å²) in [6.07, 6.45) is 0. The van der Waals surface area contributed by atoms with Crippen LogP contribution in [0.2, 0.25) is 10.0 Å². The molecule has 0 spiro atoms. The zero-order chi connectivity index (χ0) is 23.7. The number of rotatable bonds is 6. The molecule has 0 fully saturated rings. The van der Waals surface area contributed by atoms with Crippen LogP contribution >= 0.6 is 23.2 Å². The molecule has 3 aromatic carbocycles. The third kappa shape index (κ3) is 4.43. The number of ether oxygens (including phenoxy) is 4. The van der Waals surface area contributed by atoms with Gasteiger partial charge in [0.15, 0.2) is 0 Å². The van der Waals surface area contributed by atoms with E-state index < -0.39 is 0 Å². The average molecular weight is 497 g/mol. The van der Waals surface area contributed by atoms with Crippen molar-refractivity contribution in [3.63, 3.8) is 0 Å². The predicted octanol–water partition coefficient (Wildman–Crippen LogP) is 6.05. The fourth-order valence-electron chi connectivity index (χ4n) is 3.94. The van der Waals surface area contributed by atoms with Gasteiger partial charge in [0, 0.05) is 0 Å². The second-order valence-corrected chi connectivity index (χ2v) is 8.69. The van der Waals surface area contributed by atoms with E-state index >= 15 is 0 Å². The monoisotopic (exact) mass is 496 g/mol. The number of methoxy groups -OCH3 is 2. The largest absolute Gasteiger partial charge is 0.497 e. The Morgan fingerprint density at radius 3 is 1.41 bits per heavy atom. The summed E-state index contributed by atoms with van der Waals surface area (Å²) in [5, 5.41) is 0.815. The van der Waals surface area contributed by atoms with Crippen LogP contribution in [0.4, 0.5) is 0 Å². The van der Waals surface area contributed by atoms with Gasteiger partial charge in [0.05, 0.1) is 35.4 Å². The molecule has 0 amide bonds. The molecule has 3 aromatic rings. The summed E-state index contributed by atoms with van der Waals surface area (Å²) in [6.45, 7) is 0.840. The van der Waals surface area contributed by atoms with Crippen molar-refractivity contribution in [2.45, 2.75) is 12.1 Å². The van der Waals surface area contributed by atoms with E-state index in [1.54, 1.807) is 26.4 Å². The first-order valence-corrected chi connectivity index (χ1v) is 11.5. The van der Waals surface area contributed by atoms with E-state index in [-0.39, 0.29) is 12.1 Å². The van der Waals surface area contributed by atoms with E-state index in [2.05, 4.69) is 0 Å². The maximum Gasteiger partial charge on any atom is 0.217 e. The van der Waals surface area contributed by atoms with Crippen molar-refractivity contribution in [2.75, 3.05) is 27.4 Å². The molecule has 6 nitrogen and oxygen atoms in total. The second-order valence-electron chi connectivity index (χ2n) is 7.88. The first-order chi connectivity index (χ1) is 16.6. The molecule has 0 saturated heterocycles. The highest BCUT2D eigenvalue weighted by atomic mass is 35.5. The zero-order valence-electron chi connectivity index (χ0n) is 18.6. The highest BCUT2D eigenvalue weighted by Crippen LogP contribution is 2.34. The molecule has 174 valence electrons. The Bertz CT molecular complexity index is 1160. The van der Waals surface area contributed by atoms with Gasteiger partial charge in [-0.05, 0) is 47.5 Å². The molecule has 0 bridgehead atoms. The summed E-state index contributed by atoms with van der Waals surface area (Å²) < 4.78 is 22.5. The van der Waals surface area contributed by atoms with Crippen molar-refractivity contribution < 1.29 is 18.9 Å². The molecule has 0 aromatic heterocycles. The Morgan fingerprint density at radius 2 is 1.06 bits per heavy atom. The van der Waals surface area contributed by atoms with Crippen molar-refractivity contribution in [1.29, 1.82) is 0 Å². The molecule has 34 heavy (non-hydrogen) atoms. The van der Waals surface area contributed by atoms with E-state index in [9.17, 15) is 0 Å². The van der Waals surface area contributed by atoms with Crippen LogP contribution in [0, 0.1) is 0 Å². The standard InChI is InChI=1S/C26H22Cl2N2O4/c1-31-17-7-3-15(4-8-17)23-13-33-25(29-23)19-11-21(27)22(28)12-20(19)26-30-24(14-34-26)16-5-9-18(32-2)10-6-16/h3-12,23-24H,13-14H2,1-2H3/t23-,24-/m1/s1. The first-order valence-electron chi connectivity index (χ1n) is 10.7. The summed E-state index contributed by atoms with van der Waals surface area (Å²) in [5.41, 5.74) is 3.46. The molecule has 0 saturated carbocycles. The van der Waals surface area contributed by atoms with Gasteiger partial charge in [0.25, 0.3) is 0 Å². The molecular weight excluding hydrogens is 475 g/mol. The number of halogens is 2. The Kier molecular flexibility index (Phi) is 6.35. The zero-order valence-corrected chi connectivity index (χ0v) is 20.1. The van der Waals surface area contributed by atoms with Gasteiger partial charge in [0.2, 0.25) is 11.8 Å². The first kappa shape index (κ1) is 22.6. The van der Waals surface area contributed by atoms with E-state index in [1.165, 1.54) is 0 Å². The van der Waals surface area contributed by atoms with Gasteiger partial charge < -0.3 is 18.9 Å². The van der Waals surface area contributed by atoms with Crippen LogP contribution in [0.1, 0.15) is 34.3 Å². The van der Waals surface area contributed by atoms with Gasteiger partial charge in [0.1, 0.15) is 36.8 Å².